The fraction of sp³-hybridized carbons (Fsp3) is 0.545. The van der Waals surface area contributed by atoms with Gasteiger partial charge >= 0.3 is 0 Å². The highest BCUT2D eigenvalue weighted by molar-refractivity contribution is 7.97. The van der Waals surface area contributed by atoms with Crippen LogP contribution < -0.4 is 5.32 Å². The molecule has 3 heteroatoms. The van der Waals surface area contributed by atoms with Crippen LogP contribution in [0, 0.1) is 0 Å². The number of thioether (sulfide) groups is 1. The third kappa shape index (κ3) is 9.39. The van der Waals surface area contributed by atoms with Gasteiger partial charge in [-0.05, 0) is 31.7 Å². The monoisotopic (exact) mass is 215 g/mol. The maximum absolute atomic E-state index is 10.7. The number of ketones is 1. The van der Waals surface area contributed by atoms with Crippen molar-refractivity contribution in [3.05, 3.63) is 23.9 Å². The van der Waals surface area contributed by atoms with E-state index in [0.29, 0.717) is 6.54 Å². The number of nitrogens with one attached hydrogen (secondary N) is 1. The fourth-order valence-electron chi connectivity index (χ4n) is 0.702. The summed E-state index contributed by atoms with van der Waals surface area (Å²) in [6.07, 6.45) is 9.57. The van der Waals surface area contributed by atoms with E-state index in [1.54, 1.807) is 18.7 Å². The fourth-order valence-corrected chi connectivity index (χ4v) is 0.702. The van der Waals surface area contributed by atoms with E-state index in [4.69, 9.17) is 0 Å². The SMILES string of the molecule is CC.CC(=O)C1=CC=CNC1.CSC. The number of Topliss-reactive ketones (excluding diaryl/α,β-unsaturated/α-hetero) is 1. The Bertz CT molecular complexity index is 197. The Morgan fingerprint density at radius 2 is 1.93 bits per heavy atom. The third-order valence-electron chi connectivity index (χ3n) is 1.26. The second kappa shape index (κ2) is 12.3. The van der Waals surface area contributed by atoms with Gasteiger partial charge in [0.15, 0.2) is 5.78 Å². The van der Waals surface area contributed by atoms with Gasteiger partial charge in [0.05, 0.1) is 0 Å². The van der Waals surface area contributed by atoms with Crippen LogP contribution in [-0.4, -0.2) is 24.8 Å². The maximum atomic E-state index is 10.7. The molecule has 0 aromatic heterocycles. The van der Waals surface area contributed by atoms with Crippen LogP contribution in [0.5, 0.6) is 0 Å². The molecular formula is C11H21NOS. The highest BCUT2D eigenvalue weighted by Gasteiger charge is 2.01. The van der Waals surface area contributed by atoms with Gasteiger partial charge in [-0.25, -0.2) is 0 Å². The lowest BCUT2D eigenvalue weighted by molar-refractivity contribution is -0.113. The van der Waals surface area contributed by atoms with Crippen LogP contribution >= 0.6 is 11.8 Å². The van der Waals surface area contributed by atoms with Crippen LogP contribution in [0.25, 0.3) is 0 Å². The smallest absolute Gasteiger partial charge is 0.157 e. The van der Waals surface area contributed by atoms with Gasteiger partial charge in [0, 0.05) is 12.1 Å². The Labute approximate surface area is 91.8 Å². The average Bonchev–Trinajstić information content (AvgIpc) is 2.23. The second-order valence-electron chi connectivity index (χ2n) is 2.40. The van der Waals surface area contributed by atoms with E-state index in [9.17, 15) is 4.79 Å². The minimum absolute atomic E-state index is 0.145. The molecule has 0 amide bonds. The normalized spacial score (nSPS) is 12.2. The van der Waals surface area contributed by atoms with Crippen LogP contribution in [0.1, 0.15) is 20.8 Å². The summed E-state index contributed by atoms with van der Waals surface area (Å²) >= 11 is 1.75. The van der Waals surface area contributed by atoms with E-state index in [1.807, 2.05) is 44.7 Å². The topological polar surface area (TPSA) is 29.1 Å². The van der Waals surface area contributed by atoms with Gasteiger partial charge in [0.2, 0.25) is 0 Å². The first-order chi connectivity index (χ1) is 6.72. The Balaban J connectivity index is 0. The summed E-state index contributed by atoms with van der Waals surface area (Å²) in [5.41, 5.74) is 0.845. The van der Waals surface area contributed by atoms with Crippen molar-refractivity contribution in [1.29, 1.82) is 0 Å². The number of hydrogen-bond donors (Lipinski definition) is 1. The van der Waals surface area contributed by atoms with Crippen molar-refractivity contribution in [3.63, 3.8) is 0 Å². The molecule has 1 rings (SSSR count). The molecule has 0 aromatic carbocycles. The van der Waals surface area contributed by atoms with E-state index in [1.165, 1.54) is 0 Å². The van der Waals surface area contributed by atoms with Crippen molar-refractivity contribution in [2.75, 3.05) is 19.1 Å². The van der Waals surface area contributed by atoms with Gasteiger partial charge < -0.3 is 5.32 Å². The lowest BCUT2D eigenvalue weighted by Crippen LogP contribution is -2.16. The number of carbonyl (C=O) groups is 1. The summed E-state index contributed by atoms with van der Waals surface area (Å²) in [4.78, 5) is 10.7. The Kier molecular flexibility index (Phi) is 13.8. The van der Waals surface area contributed by atoms with E-state index in [2.05, 4.69) is 5.32 Å². The van der Waals surface area contributed by atoms with E-state index in [-0.39, 0.29) is 5.78 Å². The van der Waals surface area contributed by atoms with Gasteiger partial charge in [-0.2, -0.15) is 11.8 Å². The highest BCUT2D eigenvalue weighted by Crippen LogP contribution is 1.98. The van der Waals surface area contributed by atoms with Crippen molar-refractivity contribution in [1.82, 2.24) is 5.32 Å². The number of hydrogen-bond acceptors (Lipinski definition) is 3. The first-order valence-electron chi connectivity index (χ1n) is 4.72. The van der Waals surface area contributed by atoms with Crippen molar-refractivity contribution >= 4 is 17.5 Å². The zero-order valence-electron chi connectivity index (χ0n) is 9.76. The number of allylic oxidation sites excluding steroid dienone is 2. The van der Waals surface area contributed by atoms with Gasteiger partial charge in [0.1, 0.15) is 0 Å². The second-order valence-corrected chi connectivity index (χ2v) is 3.21. The molecule has 0 aromatic rings. The molecule has 0 fully saturated rings. The van der Waals surface area contributed by atoms with Gasteiger partial charge in [-0.1, -0.05) is 19.9 Å². The molecule has 0 atom stereocenters. The molecule has 82 valence electrons. The van der Waals surface area contributed by atoms with Crippen LogP contribution in [0.3, 0.4) is 0 Å². The Hall–Kier alpha value is -0.700. The molecule has 0 unspecified atom stereocenters. The van der Waals surface area contributed by atoms with Crippen molar-refractivity contribution in [2.24, 2.45) is 0 Å². The van der Waals surface area contributed by atoms with E-state index in [0.717, 1.165) is 5.57 Å². The van der Waals surface area contributed by atoms with Crippen LogP contribution in [0.15, 0.2) is 23.9 Å². The molecule has 0 radical (unpaired) electrons. The summed E-state index contributed by atoms with van der Waals surface area (Å²) < 4.78 is 0. The van der Waals surface area contributed by atoms with Crippen molar-refractivity contribution < 1.29 is 4.79 Å². The predicted octanol–water partition coefficient (Wildman–Crippen LogP) is 2.62. The molecule has 1 aliphatic heterocycles. The molecule has 0 aliphatic carbocycles. The summed E-state index contributed by atoms with van der Waals surface area (Å²) in [6, 6.07) is 0. The average molecular weight is 215 g/mol. The maximum Gasteiger partial charge on any atom is 0.157 e. The Morgan fingerprint density at radius 3 is 2.14 bits per heavy atom. The molecule has 0 spiro atoms. The molecule has 2 nitrogen and oxygen atoms in total. The number of carbonyl (C=O) groups excluding carboxylic acids is 1. The summed E-state index contributed by atoms with van der Waals surface area (Å²) in [5.74, 6) is 0.145. The summed E-state index contributed by atoms with van der Waals surface area (Å²) in [6.45, 7) is 6.25. The lowest BCUT2D eigenvalue weighted by atomic mass is 10.1. The quantitative estimate of drug-likeness (QED) is 0.729. The molecule has 1 heterocycles. The van der Waals surface area contributed by atoms with Gasteiger partial charge in [0.25, 0.3) is 0 Å². The van der Waals surface area contributed by atoms with Crippen LogP contribution in [0.4, 0.5) is 0 Å². The third-order valence-corrected chi connectivity index (χ3v) is 1.26. The van der Waals surface area contributed by atoms with E-state index >= 15 is 0 Å². The minimum Gasteiger partial charge on any atom is -0.387 e. The molecule has 14 heavy (non-hydrogen) atoms. The van der Waals surface area contributed by atoms with Gasteiger partial charge in [-0.3, -0.25) is 4.79 Å². The zero-order valence-corrected chi connectivity index (χ0v) is 10.6. The summed E-state index contributed by atoms with van der Waals surface area (Å²) in [5, 5.41) is 2.95. The lowest BCUT2D eigenvalue weighted by Gasteiger charge is -2.05. The number of dihydropyridines is 1. The molecular weight excluding hydrogens is 194 g/mol. The van der Waals surface area contributed by atoms with Crippen LogP contribution in [-0.2, 0) is 4.79 Å². The molecule has 0 bridgehead atoms. The molecule has 0 saturated heterocycles. The van der Waals surface area contributed by atoms with Crippen LogP contribution in [0.2, 0.25) is 0 Å². The predicted molar refractivity (Wildman–Crippen MR) is 66.7 cm³/mol. The first-order valence-corrected chi connectivity index (χ1v) is 6.35. The van der Waals surface area contributed by atoms with Gasteiger partial charge in [-0.15, -0.1) is 0 Å². The number of rotatable bonds is 1. The Morgan fingerprint density at radius 1 is 1.43 bits per heavy atom. The zero-order chi connectivity index (χ0) is 11.4. The molecule has 1 N–H and O–H groups in total. The molecule has 0 saturated carbocycles. The van der Waals surface area contributed by atoms with Crippen molar-refractivity contribution in [3.8, 4) is 0 Å². The highest BCUT2D eigenvalue weighted by atomic mass is 32.2. The minimum atomic E-state index is 0.145. The standard InChI is InChI=1S/C7H9NO.C2H6S.C2H6/c1-6(9)7-3-2-4-8-5-7;1-3-2;1-2/h2-4,8H,5H2,1H3;1-2H3;1-2H3. The first kappa shape index (κ1) is 15.8. The summed E-state index contributed by atoms with van der Waals surface area (Å²) in [7, 11) is 0. The molecule has 1 aliphatic rings. The van der Waals surface area contributed by atoms with E-state index < -0.39 is 0 Å². The largest absolute Gasteiger partial charge is 0.387 e. The van der Waals surface area contributed by atoms with Crippen molar-refractivity contribution in [2.45, 2.75) is 20.8 Å².